The molecule has 0 bridgehead atoms. The molecule has 0 aliphatic heterocycles. The maximum Gasteiger partial charge on any atom is 2.00 e. The first kappa shape index (κ1) is 29.8. The van der Waals surface area contributed by atoms with Gasteiger partial charge in [0.25, 0.3) is 0 Å². The number of nitrogens with zero attached hydrogens (tertiary/aromatic N) is 4. The van der Waals surface area contributed by atoms with Crippen molar-refractivity contribution in [1.29, 1.82) is 0 Å². The number of imidazole rings is 1. The molecule has 0 unspecified atom stereocenters. The summed E-state index contributed by atoms with van der Waals surface area (Å²) < 4.78 is 4.47. The molecule has 0 spiro atoms. The summed E-state index contributed by atoms with van der Waals surface area (Å²) in [6.07, 6.45) is 1.82. The summed E-state index contributed by atoms with van der Waals surface area (Å²) in [6, 6.07) is 58.2. The fourth-order valence-electron chi connectivity index (χ4n) is 6.69. The summed E-state index contributed by atoms with van der Waals surface area (Å²) >= 11 is 0. The first-order valence-corrected chi connectivity index (χ1v) is 15.7. The van der Waals surface area contributed by atoms with Crippen LogP contribution in [0.1, 0.15) is 0 Å². The molecule has 0 N–H and O–H groups in total. The van der Waals surface area contributed by atoms with Crippen LogP contribution >= 0.6 is 0 Å². The van der Waals surface area contributed by atoms with E-state index in [-0.39, 0.29) is 21.1 Å². The SMILES string of the molecule is Cn1c(-c2[c-]c3c(cc2-c2ccccc2)c2ccccc2n3-c2[c-]c(-c3ccccn3)ccc2)nc2ccc(-c3ccccc3)cc21.[Pt+2]. The van der Waals surface area contributed by atoms with Crippen LogP contribution in [0.15, 0.2) is 152 Å². The summed E-state index contributed by atoms with van der Waals surface area (Å²) in [5.41, 5.74) is 12.4. The monoisotopic (exact) mass is 795 g/mol. The Bertz CT molecular complexity index is 2570. The third kappa shape index (κ3) is 4.97. The van der Waals surface area contributed by atoms with Gasteiger partial charge in [-0.1, -0.05) is 119 Å². The maximum atomic E-state index is 5.23. The van der Waals surface area contributed by atoms with E-state index in [1.54, 1.807) is 0 Å². The molecule has 230 valence electrons. The third-order valence-electron chi connectivity index (χ3n) is 8.97. The van der Waals surface area contributed by atoms with Crippen LogP contribution in [0.25, 0.3) is 83.4 Å². The summed E-state index contributed by atoms with van der Waals surface area (Å²) in [5.74, 6) is 0.869. The minimum atomic E-state index is 0. The smallest absolute Gasteiger partial charge is 0.367 e. The second-order valence-electron chi connectivity index (χ2n) is 11.8. The molecule has 0 saturated carbocycles. The minimum Gasteiger partial charge on any atom is -0.367 e. The van der Waals surface area contributed by atoms with Gasteiger partial charge in [-0.2, -0.15) is 0 Å². The number of benzene rings is 6. The average molecular weight is 796 g/mol. The molecule has 0 saturated heterocycles. The second-order valence-corrected chi connectivity index (χ2v) is 11.8. The number of pyridine rings is 1. The van der Waals surface area contributed by atoms with Gasteiger partial charge in [0.05, 0.1) is 16.9 Å². The van der Waals surface area contributed by atoms with E-state index < -0.39 is 0 Å². The molecule has 9 aromatic rings. The van der Waals surface area contributed by atoms with E-state index in [9.17, 15) is 0 Å². The normalized spacial score (nSPS) is 11.3. The van der Waals surface area contributed by atoms with E-state index >= 15 is 0 Å². The van der Waals surface area contributed by atoms with Crippen molar-refractivity contribution >= 4 is 32.8 Å². The van der Waals surface area contributed by atoms with Crippen molar-refractivity contribution in [3.8, 4) is 50.6 Å². The van der Waals surface area contributed by atoms with Gasteiger partial charge in [-0.15, -0.1) is 42.0 Å². The summed E-state index contributed by atoms with van der Waals surface area (Å²) in [7, 11) is 2.10. The number of fused-ring (bicyclic) bond motifs is 4. The van der Waals surface area contributed by atoms with Crippen molar-refractivity contribution in [3.05, 3.63) is 164 Å². The van der Waals surface area contributed by atoms with E-state index in [0.717, 1.165) is 72.3 Å². The standard InChI is InChI=1S/C43H28N4.Pt/c1-46-42-26-31(29-13-4-2-5-14-29)22-23-39(42)45-43(46)37-28-41-36(27-35(37)30-15-6-3-7-16-30)34-19-8-9-21-40(34)47(41)33-18-12-17-32(25-33)38-20-10-11-24-44-38;/h2-24,26-27H,1H3;/q-2;+2. The van der Waals surface area contributed by atoms with Gasteiger partial charge in [-0.25, -0.2) is 0 Å². The summed E-state index contributed by atoms with van der Waals surface area (Å²) in [5, 5.41) is 2.29. The average Bonchev–Trinajstić information content (AvgIpc) is 3.65. The van der Waals surface area contributed by atoms with Crippen molar-refractivity contribution in [2.75, 3.05) is 0 Å². The molecule has 48 heavy (non-hydrogen) atoms. The Kier molecular flexibility index (Phi) is 7.59. The van der Waals surface area contributed by atoms with Crippen molar-refractivity contribution in [3.63, 3.8) is 0 Å². The maximum absolute atomic E-state index is 5.23. The van der Waals surface area contributed by atoms with Crippen LogP contribution in [0.2, 0.25) is 0 Å². The van der Waals surface area contributed by atoms with Gasteiger partial charge in [0.15, 0.2) is 0 Å². The Balaban J connectivity index is 0.00000336. The summed E-state index contributed by atoms with van der Waals surface area (Å²) in [4.78, 5) is 9.82. The zero-order chi connectivity index (χ0) is 31.3. The fourth-order valence-corrected chi connectivity index (χ4v) is 6.69. The number of aryl methyl sites for hydroxylation is 1. The van der Waals surface area contributed by atoms with Crippen LogP contribution in [0.4, 0.5) is 0 Å². The Hall–Kier alpha value is -5.57. The summed E-state index contributed by atoms with van der Waals surface area (Å²) in [6.45, 7) is 0. The largest absolute Gasteiger partial charge is 2.00 e. The molecule has 6 aromatic carbocycles. The first-order chi connectivity index (χ1) is 23.2. The van der Waals surface area contributed by atoms with E-state index in [2.05, 4.69) is 155 Å². The van der Waals surface area contributed by atoms with E-state index in [1.807, 2.05) is 30.5 Å². The molecule has 4 nitrogen and oxygen atoms in total. The predicted octanol–water partition coefficient (Wildman–Crippen LogP) is 10.3. The van der Waals surface area contributed by atoms with E-state index in [0.29, 0.717) is 0 Å². The number of rotatable bonds is 5. The van der Waals surface area contributed by atoms with Crippen molar-refractivity contribution in [2.45, 2.75) is 0 Å². The zero-order valence-corrected chi connectivity index (χ0v) is 28.3. The molecule has 3 aromatic heterocycles. The third-order valence-corrected chi connectivity index (χ3v) is 8.97. The molecular weight excluding hydrogens is 768 g/mol. The Morgan fingerprint density at radius 1 is 0.583 bits per heavy atom. The fraction of sp³-hybridized carbons (Fsp3) is 0.0233. The molecule has 0 amide bonds. The van der Waals surface area contributed by atoms with Gasteiger partial charge in [-0.3, -0.25) is 4.98 Å². The number of para-hydroxylation sites is 1. The first-order valence-electron chi connectivity index (χ1n) is 15.7. The van der Waals surface area contributed by atoms with Crippen LogP contribution in [-0.4, -0.2) is 19.1 Å². The van der Waals surface area contributed by atoms with Crippen LogP contribution in [0, 0.1) is 12.1 Å². The van der Waals surface area contributed by atoms with Gasteiger partial charge in [-0.05, 0) is 57.7 Å². The predicted molar refractivity (Wildman–Crippen MR) is 192 cm³/mol. The van der Waals surface area contributed by atoms with Gasteiger partial charge in [0.1, 0.15) is 0 Å². The van der Waals surface area contributed by atoms with Gasteiger partial charge in [0.2, 0.25) is 0 Å². The molecule has 3 heterocycles. The zero-order valence-electron chi connectivity index (χ0n) is 26.0. The van der Waals surface area contributed by atoms with Crippen molar-refractivity contribution in [1.82, 2.24) is 19.1 Å². The van der Waals surface area contributed by atoms with Crippen LogP contribution < -0.4 is 0 Å². The topological polar surface area (TPSA) is 35.6 Å². The van der Waals surface area contributed by atoms with Crippen LogP contribution in [0.5, 0.6) is 0 Å². The number of hydrogen-bond acceptors (Lipinski definition) is 2. The number of aromatic nitrogens is 4. The molecule has 0 atom stereocenters. The van der Waals surface area contributed by atoms with Crippen molar-refractivity contribution < 1.29 is 21.1 Å². The van der Waals surface area contributed by atoms with Gasteiger partial charge >= 0.3 is 21.1 Å². The minimum absolute atomic E-state index is 0. The van der Waals surface area contributed by atoms with Crippen molar-refractivity contribution in [2.24, 2.45) is 7.05 Å². The van der Waals surface area contributed by atoms with Crippen LogP contribution in [-0.2, 0) is 28.1 Å². The Morgan fingerprint density at radius 2 is 1.33 bits per heavy atom. The molecule has 5 heteroatoms. The Morgan fingerprint density at radius 3 is 2.12 bits per heavy atom. The van der Waals surface area contributed by atoms with Gasteiger partial charge in [0, 0.05) is 18.8 Å². The van der Waals surface area contributed by atoms with E-state index in [1.165, 1.54) is 11.1 Å². The molecular formula is C43H28N4Pt. The molecule has 0 radical (unpaired) electrons. The molecule has 0 fully saturated rings. The number of hydrogen-bond donors (Lipinski definition) is 0. The second kappa shape index (κ2) is 12.2. The molecule has 0 aliphatic rings. The Labute approximate surface area is 293 Å². The molecule has 9 rings (SSSR count). The quantitative estimate of drug-likeness (QED) is 0.163. The van der Waals surface area contributed by atoms with E-state index in [4.69, 9.17) is 4.98 Å². The van der Waals surface area contributed by atoms with Gasteiger partial charge < -0.3 is 14.1 Å². The van der Waals surface area contributed by atoms with Crippen LogP contribution in [0.3, 0.4) is 0 Å². The molecule has 0 aliphatic carbocycles.